The summed E-state index contributed by atoms with van der Waals surface area (Å²) in [6, 6.07) is 2.76. The fourth-order valence-electron chi connectivity index (χ4n) is 2.09. The second kappa shape index (κ2) is 4.18. The monoisotopic (exact) mass is 256 g/mol. The van der Waals surface area contributed by atoms with Gasteiger partial charge in [0.15, 0.2) is 0 Å². The first kappa shape index (κ1) is 12.2. The molecule has 1 aromatic rings. The summed E-state index contributed by atoms with van der Waals surface area (Å²) >= 11 is 6.12. The Bertz CT molecular complexity index is 478. The number of amides is 2. The van der Waals surface area contributed by atoms with Gasteiger partial charge in [-0.05, 0) is 30.2 Å². The minimum absolute atomic E-state index is 0.0768. The molecule has 0 N–H and O–H groups in total. The molecule has 0 aromatic heterocycles. The molecule has 92 valence electrons. The van der Waals surface area contributed by atoms with E-state index in [0.717, 1.165) is 0 Å². The molecule has 1 aliphatic rings. The molecule has 1 saturated heterocycles. The van der Waals surface area contributed by atoms with Crippen molar-refractivity contribution in [3.63, 3.8) is 0 Å². The summed E-state index contributed by atoms with van der Waals surface area (Å²) in [6.07, 6.45) is 0. The standard InChI is InChI=1S/C12H14ClFN2O/c1-7-4-9(13)8(5-10(7)14)11-6-15(2)12(17)16(11)3/h4-5,11H,6H2,1-3H3. The summed E-state index contributed by atoms with van der Waals surface area (Å²) in [5.41, 5.74) is 1.18. The molecule has 2 amide bonds. The van der Waals surface area contributed by atoms with Crippen LogP contribution in [0, 0.1) is 12.7 Å². The van der Waals surface area contributed by atoms with E-state index in [1.165, 1.54) is 6.07 Å². The van der Waals surface area contributed by atoms with Crippen LogP contribution >= 0.6 is 11.6 Å². The van der Waals surface area contributed by atoms with Crippen LogP contribution in [0.25, 0.3) is 0 Å². The molecule has 1 aliphatic heterocycles. The van der Waals surface area contributed by atoms with Gasteiger partial charge in [0, 0.05) is 25.7 Å². The number of rotatable bonds is 1. The predicted octanol–water partition coefficient (Wildman–Crippen LogP) is 2.83. The molecule has 5 heteroatoms. The minimum Gasteiger partial charge on any atom is -0.325 e. The predicted molar refractivity (Wildman–Crippen MR) is 64.7 cm³/mol. The number of hydrogen-bond donors (Lipinski definition) is 0. The van der Waals surface area contributed by atoms with Gasteiger partial charge in [0.05, 0.1) is 6.04 Å². The molecule has 1 heterocycles. The van der Waals surface area contributed by atoms with Gasteiger partial charge in [-0.15, -0.1) is 0 Å². The highest BCUT2D eigenvalue weighted by Gasteiger charge is 2.34. The third-order valence-electron chi connectivity index (χ3n) is 3.18. The Kier molecular flexibility index (Phi) is 3.00. The van der Waals surface area contributed by atoms with Crippen LogP contribution in [0.1, 0.15) is 17.2 Å². The van der Waals surface area contributed by atoms with Crippen molar-refractivity contribution in [3.05, 3.63) is 34.1 Å². The van der Waals surface area contributed by atoms with Gasteiger partial charge < -0.3 is 9.80 Å². The smallest absolute Gasteiger partial charge is 0.320 e. The number of hydrogen-bond acceptors (Lipinski definition) is 1. The van der Waals surface area contributed by atoms with E-state index in [2.05, 4.69) is 0 Å². The van der Waals surface area contributed by atoms with E-state index < -0.39 is 0 Å². The summed E-state index contributed by atoms with van der Waals surface area (Å²) in [7, 11) is 3.42. The molecule has 0 saturated carbocycles. The van der Waals surface area contributed by atoms with Crippen LogP contribution in [0.3, 0.4) is 0 Å². The van der Waals surface area contributed by atoms with Gasteiger partial charge in [0.2, 0.25) is 0 Å². The van der Waals surface area contributed by atoms with Gasteiger partial charge in [-0.25, -0.2) is 9.18 Å². The molecule has 17 heavy (non-hydrogen) atoms. The molecule has 0 radical (unpaired) electrons. The second-order valence-electron chi connectivity index (χ2n) is 4.41. The van der Waals surface area contributed by atoms with Crippen LogP contribution in [-0.4, -0.2) is 36.5 Å². The molecule has 1 unspecified atom stereocenters. The van der Waals surface area contributed by atoms with Crippen LogP contribution in [0.4, 0.5) is 9.18 Å². The fourth-order valence-corrected chi connectivity index (χ4v) is 2.43. The third-order valence-corrected chi connectivity index (χ3v) is 3.51. The van der Waals surface area contributed by atoms with Gasteiger partial charge >= 0.3 is 6.03 Å². The van der Waals surface area contributed by atoms with E-state index >= 15 is 0 Å². The zero-order valence-corrected chi connectivity index (χ0v) is 10.8. The summed E-state index contributed by atoms with van der Waals surface area (Å²) in [6.45, 7) is 2.19. The highest BCUT2D eigenvalue weighted by Crippen LogP contribution is 2.33. The Morgan fingerprint density at radius 1 is 1.41 bits per heavy atom. The Morgan fingerprint density at radius 2 is 2.06 bits per heavy atom. The molecule has 2 rings (SSSR count). The number of carbonyl (C=O) groups is 1. The van der Waals surface area contributed by atoms with Gasteiger partial charge in [0.25, 0.3) is 0 Å². The van der Waals surface area contributed by atoms with Crippen molar-refractivity contribution in [3.8, 4) is 0 Å². The van der Waals surface area contributed by atoms with E-state index in [1.807, 2.05) is 0 Å². The number of urea groups is 1. The maximum absolute atomic E-state index is 13.6. The first-order valence-corrected chi connectivity index (χ1v) is 5.73. The lowest BCUT2D eigenvalue weighted by Gasteiger charge is -2.19. The number of aryl methyl sites for hydroxylation is 1. The average molecular weight is 257 g/mol. The maximum Gasteiger partial charge on any atom is 0.320 e. The van der Waals surface area contributed by atoms with E-state index in [4.69, 9.17) is 11.6 Å². The van der Waals surface area contributed by atoms with Crippen molar-refractivity contribution in [2.24, 2.45) is 0 Å². The van der Waals surface area contributed by atoms with Gasteiger partial charge in [-0.3, -0.25) is 0 Å². The van der Waals surface area contributed by atoms with Crippen molar-refractivity contribution >= 4 is 17.6 Å². The SMILES string of the molecule is Cc1cc(Cl)c(C2CN(C)C(=O)N2C)cc1F. The van der Waals surface area contributed by atoms with Crippen molar-refractivity contribution in [2.75, 3.05) is 20.6 Å². The lowest BCUT2D eigenvalue weighted by molar-refractivity contribution is 0.201. The van der Waals surface area contributed by atoms with E-state index in [0.29, 0.717) is 22.7 Å². The summed E-state index contributed by atoms with van der Waals surface area (Å²) in [4.78, 5) is 14.8. The van der Waals surface area contributed by atoms with Crippen LogP contribution in [-0.2, 0) is 0 Å². The first-order valence-electron chi connectivity index (χ1n) is 5.35. The van der Waals surface area contributed by atoms with E-state index in [1.54, 1.807) is 36.9 Å². The van der Waals surface area contributed by atoms with Crippen LogP contribution in [0.5, 0.6) is 0 Å². The average Bonchev–Trinajstić information content (AvgIpc) is 2.51. The van der Waals surface area contributed by atoms with Crippen molar-refractivity contribution in [2.45, 2.75) is 13.0 Å². The number of benzene rings is 1. The van der Waals surface area contributed by atoms with Crippen molar-refractivity contribution in [1.29, 1.82) is 0 Å². The molecular weight excluding hydrogens is 243 g/mol. The quantitative estimate of drug-likeness (QED) is 0.758. The normalized spacial score (nSPS) is 20.3. The first-order chi connectivity index (χ1) is 7.91. The number of carbonyl (C=O) groups excluding carboxylic acids is 1. The van der Waals surface area contributed by atoms with Gasteiger partial charge in [-0.1, -0.05) is 11.6 Å². The highest BCUT2D eigenvalue weighted by atomic mass is 35.5. The summed E-state index contributed by atoms with van der Waals surface area (Å²) in [5.74, 6) is -0.292. The van der Waals surface area contributed by atoms with Crippen molar-refractivity contribution in [1.82, 2.24) is 9.80 Å². The molecule has 3 nitrogen and oxygen atoms in total. The Labute approximate surface area is 105 Å². The Balaban J connectivity index is 2.42. The second-order valence-corrected chi connectivity index (χ2v) is 4.82. The van der Waals surface area contributed by atoms with Gasteiger partial charge in [-0.2, -0.15) is 0 Å². The molecule has 0 spiro atoms. The van der Waals surface area contributed by atoms with Crippen LogP contribution in [0.2, 0.25) is 5.02 Å². The highest BCUT2D eigenvalue weighted by molar-refractivity contribution is 6.31. The largest absolute Gasteiger partial charge is 0.325 e. The number of nitrogens with zero attached hydrogens (tertiary/aromatic N) is 2. The van der Waals surface area contributed by atoms with Crippen LogP contribution < -0.4 is 0 Å². The molecule has 1 atom stereocenters. The number of halogens is 2. The van der Waals surface area contributed by atoms with E-state index in [-0.39, 0.29) is 17.9 Å². The Hall–Kier alpha value is -1.29. The maximum atomic E-state index is 13.6. The molecule has 1 aromatic carbocycles. The zero-order valence-electron chi connectivity index (χ0n) is 10.00. The van der Waals surface area contributed by atoms with Gasteiger partial charge in [0.1, 0.15) is 5.82 Å². The lowest BCUT2D eigenvalue weighted by Crippen LogP contribution is -2.26. The molecular formula is C12H14ClFN2O. The summed E-state index contributed by atoms with van der Waals surface area (Å²) in [5, 5.41) is 0.504. The zero-order chi connectivity index (χ0) is 12.7. The van der Waals surface area contributed by atoms with Crippen molar-refractivity contribution < 1.29 is 9.18 Å². The minimum atomic E-state index is -0.292. The molecule has 0 bridgehead atoms. The topological polar surface area (TPSA) is 23.6 Å². The lowest BCUT2D eigenvalue weighted by atomic mass is 10.0. The third kappa shape index (κ3) is 1.97. The van der Waals surface area contributed by atoms with E-state index in [9.17, 15) is 9.18 Å². The summed E-state index contributed by atoms with van der Waals surface area (Å²) < 4.78 is 13.6. The Morgan fingerprint density at radius 3 is 2.59 bits per heavy atom. The van der Waals surface area contributed by atoms with Crippen LogP contribution in [0.15, 0.2) is 12.1 Å². The molecule has 0 aliphatic carbocycles. The fraction of sp³-hybridized carbons (Fsp3) is 0.417. The molecule has 1 fully saturated rings. The number of likely N-dealkylation sites (N-methyl/N-ethyl adjacent to an activating group) is 2.